The van der Waals surface area contributed by atoms with E-state index in [4.69, 9.17) is 0 Å². The van der Waals surface area contributed by atoms with Crippen LogP contribution in [0.25, 0.3) is 0 Å². The number of benzene rings is 1. The molecular weight excluding hydrogens is 330 g/mol. The molecule has 0 aliphatic heterocycles. The van der Waals surface area contributed by atoms with Crippen LogP contribution >= 0.6 is 27.3 Å². The molecule has 0 bridgehead atoms. The van der Waals surface area contributed by atoms with Gasteiger partial charge in [-0.25, -0.2) is 4.98 Å². The number of aryl methyl sites for hydroxylation is 1. The molecule has 2 aromatic rings. The first kappa shape index (κ1) is 14.1. The zero-order valence-corrected chi connectivity index (χ0v) is 12.6. The number of aromatic nitrogens is 1. The van der Waals surface area contributed by atoms with E-state index in [9.17, 15) is 10.1 Å². The first-order chi connectivity index (χ1) is 9.08. The summed E-state index contributed by atoms with van der Waals surface area (Å²) in [4.78, 5) is 14.8. The van der Waals surface area contributed by atoms with Crippen LogP contribution in [0.5, 0.6) is 0 Å². The first-order valence-corrected chi connectivity index (χ1v) is 7.28. The predicted molar refractivity (Wildman–Crippen MR) is 78.2 cm³/mol. The Hall–Kier alpha value is -1.31. The highest BCUT2D eigenvalue weighted by Crippen LogP contribution is 2.28. The lowest BCUT2D eigenvalue weighted by atomic mass is 10.2. The fraction of sp³-hybridized carbons (Fsp3) is 0.250. The molecule has 100 valence electrons. The van der Waals surface area contributed by atoms with Crippen LogP contribution < -0.4 is 5.32 Å². The van der Waals surface area contributed by atoms with Crippen LogP contribution in [0.15, 0.2) is 28.1 Å². The molecule has 19 heavy (non-hydrogen) atoms. The highest BCUT2D eigenvalue weighted by Gasteiger charge is 2.14. The lowest BCUT2D eigenvalue weighted by Gasteiger charge is -2.06. The van der Waals surface area contributed by atoms with Gasteiger partial charge in [0, 0.05) is 24.5 Å². The third kappa shape index (κ3) is 3.59. The van der Waals surface area contributed by atoms with E-state index in [1.165, 1.54) is 6.07 Å². The van der Waals surface area contributed by atoms with Crippen molar-refractivity contribution in [3.63, 3.8) is 0 Å². The van der Waals surface area contributed by atoms with Crippen LogP contribution in [0.2, 0.25) is 0 Å². The zero-order valence-electron chi connectivity index (χ0n) is 10.2. The van der Waals surface area contributed by atoms with E-state index in [1.807, 2.05) is 18.4 Å². The Morgan fingerprint density at radius 2 is 2.26 bits per heavy atom. The summed E-state index contributed by atoms with van der Waals surface area (Å²) < 4.78 is 0.530. The second-order valence-corrected chi connectivity index (χ2v) is 5.82. The van der Waals surface area contributed by atoms with Crippen LogP contribution in [0.1, 0.15) is 16.3 Å². The minimum atomic E-state index is -0.391. The van der Waals surface area contributed by atoms with E-state index in [1.54, 1.807) is 17.4 Å². The maximum absolute atomic E-state index is 10.8. The van der Waals surface area contributed by atoms with Gasteiger partial charge in [-0.15, -0.1) is 11.3 Å². The Balaban J connectivity index is 2.00. The molecule has 0 spiro atoms. The molecule has 2 rings (SSSR count). The highest BCUT2D eigenvalue weighted by atomic mass is 79.9. The number of hydrogen-bond acceptors (Lipinski definition) is 5. The van der Waals surface area contributed by atoms with Crippen molar-refractivity contribution in [1.82, 2.24) is 10.3 Å². The summed E-state index contributed by atoms with van der Waals surface area (Å²) in [5.74, 6) is 0. The summed E-state index contributed by atoms with van der Waals surface area (Å²) in [5.41, 5.74) is 1.94. The smallest absolute Gasteiger partial charge is 0.283 e. The summed E-state index contributed by atoms with van der Waals surface area (Å²) in [5, 5.41) is 17.1. The molecule has 0 amide bonds. The molecule has 5 nitrogen and oxygen atoms in total. The third-order valence-corrected chi connectivity index (χ3v) is 4.28. The van der Waals surface area contributed by atoms with Crippen LogP contribution in [-0.2, 0) is 13.1 Å². The Morgan fingerprint density at radius 1 is 1.47 bits per heavy atom. The average molecular weight is 342 g/mol. The first-order valence-electron chi connectivity index (χ1n) is 5.61. The van der Waals surface area contributed by atoms with Crippen LogP contribution in [0, 0.1) is 17.0 Å². The van der Waals surface area contributed by atoms with E-state index in [2.05, 4.69) is 26.2 Å². The van der Waals surface area contributed by atoms with Gasteiger partial charge in [0.1, 0.15) is 0 Å². The molecule has 0 fully saturated rings. The fourth-order valence-corrected chi connectivity index (χ4v) is 2.82. The second kappa shape index (κ2) is 6.23. The predicted octanol–water partition coefficient (Wildman–Crippen LogP) is 3.41. The van der Waals surface area contributed by atoms with Gasteiger partial charge in [-0.2, -0.15) is 0 Å². The van der Waals surface area contributed by atoms with Gasteiger partial charge in [-0.3, -0.25) is 10.1 Å². The Labute approximate surface area is 123 Å². The lowest BCUT2D eigenvalue weighted by Crippen LogP contribution is -2.13. The Bertz CT molecular complexity index is 600. The average Bonchev–Trinajstić information content (AvgIpc) is 2.77. The minimum Gasteiger partial charge on any atom is -0.307 e. The van der Waals surface area contributed by atoms with E-state index < -0.39 is 4.92 Å². The van der Waals surface area contributed by atoms with Crippen molar-refractivity contribution in [3.05, 3.63) is 54.4 Å². The van der Waals surface area contributed by atoms with Crippen LogP contribution in [0.4, 0.5) is 5.69 Å². The van der Waals surface area contributed by atoms with Gasteiger partial charge in [0.05, 0.1) is 20.1 Å². The van der Waals surface area contributed by atoms with Gasteiger partial charge in [-0.05, 0) is 28.4 Å². The molecule has 0 unspecified atom stereocenters. The Kier molecular flexibility index (Phi) is 4.62. The molecule has 0 aliphatic carbocycles. The Morgan fingerprint density at radius 3 is 2.89 bits per heavy atom. The van der Waals surface area contributed by atoms with Crippen molar-refractivity contribution in [3.8, 4) is 0 Å². The SMILES string of the molecule is Cc1nc(CNCc2cccc([N+](=O)[O-])c2Br)cs1. The zero-order chi connectivity index (χ0) is 13.8. The van der Waals surface area contributed by atoms with Crippen LogP contribution in [-0.4, -0.2) is 9.91 Å². The van der Waals surface area contributed by atoms with Crippen molar-refractivity contribution in [2.75, 3.05) is 0 Å². The fourth-order valence-electron chi connectivity index (χ4n) is 1.66. The van der Waals surface area contributed by atoms with Crippen molar-refractivity contribution in [2.24, 2.45) is 0 Å². The van der Waals surface area contributed by atoms with Crippen LogP contribution in [0.3, 0.4) is 0 Å². The summed E-state index contributed by atoms with van der Waals surface area (Å²) in [6.07, 6.45) is 0. The standard InChI is InChI=1S/C12H12BrN3O2S/c1-8-15-10(7-19-8)6-14-5-9-3-2-4-11(12(9)13)16(17)18/h2-4,7,14H,5-6H2,1H3. The van der Waals surface area contributed by atoms with Crippen molar-refractivity contribution < 1.29 is 4.92 Å². The van der Waals surface area contributed by atoms with Gasteiger partial charge in [-0.1, -0.05) is 12.1 Å². The number of nitro groups is 1. The number of nitrogens with zero attached hydrogens (tertiary/aromatic N) is 2. The molecular formula is C12H12BrN3O2S. The van der Waals surface area contributed by atoms with E-state index in [0.29, 0.717) is 17.6 Å². The molecule has 0 atom stereocenters. The molecule has 0 radical (unpaired) electrons. The minimum absolute atomic E-state index is 0.0869. The van der Waals surface area contributed by atoms with Crippen molar-refractivity contribution in [1.29, 1.82) is 0 Å². The van der Waals surface area contributed by atoms with Gasteiger partial charge in [0.25, 0.3) is 5.69 Å². The number of rotatable bonds is 5. The van der Waals surface area contributed by atoms with E-state index in [0.717, 1.165) is 16.3 Å². The van der Waals surface area contributed by atoms with Gasteiger partial charge >= 0.3 is 0 Å². The lowest BCUT2D eigenvalue weighted by molar-refractivity contribution is -0.385. The summed E-state index contributed by atoms with van der Waals surface area (Å²) in [6, 6.07) is 5.03. The number of halogens is 1. The molecule has 0 saturated heterocycles. The monoisotopic (exact) mass is 341 g/mol. The number of nitrogens with one attached hydrogen (secondary N) is 1. The topological polar surface area (TPSA) is 68.1 Å². The number of thiazole rings is 1. The number of hydrogen-bond donors (Lipinski definition) is 1. The maximum atomic E-state index is 10.8. The summed E-state index contributed by atoms with van der Waals surface area (Å²) >= 11 is 4.89. The third-order valence-electron chi connectivity index (χ3n) is 2.54. The molecule has 1 aromatic heterocycles. The second-order valence-electron chi connectivity index (χ2n) is 3.97. The van der Waals surface area contributed by atoms with Gasteiger partial charge in [0.15, 0.2) is 0 Å². The van der Waals surface area contributed by atoms with Gasteiger partial charge < -0.3 is 5.32 Å². The van der Waals surface area contributed by atoms with E-state index >= 15 is 0 Å². The molecule has 1 N–H and O–H groups in total. The molecule has 0 aliphatic rings. The summed E-state index contributed by atoms with van der Waals surface area (Å²) in [6.45, 7) is 3.17. The maximum Gasteiger partial charge on any atom is 0.283 e. The normalized spacial score (nSPS) is 10.6. The molecule has 7 heteroatoms. The molecule has 1 heterocycles. The highest BCUT2D eigenvalue weighted by molar-refractivity contribution is 9.10. The van der Waals surface area contributed by atoms with Crippen molar-refractivity contribution >= 4 is 33.0 Å². The van der Waals surface area contributed by atoms with Crippen molar-refractivity contribution in [2.45, 2.75) is 20.0 Å². The molecule has 0 saturated carbocycles. The van der Waals surface area contributed by atoms with E-state index in [-0.39, 0.29) is 5.69 Å². The number of nitro benzene ring substituents is 1. The summed E-state index contributed by atoms with van der Waals surface area (Å²) in [7, 11) is 0. The quantitative estimate of drug-likeness (QED) is 0.668. The largest absolute Gasteiger partial charge is 0.307 e. The van der Waals surface area contributed by atoms with Gasteiger partial charge in [0.2, 0.25) is 0 Å². The molecule has 1 aromatic carbocycles.